The normalized spacial score (nSPS) is 12.1. The zero-order valence-electron chi connectivity index (χ0n) is 15.3. The molecule has 0 radical (unpaired) electrons. The number of nitrogens with zero attached hydrogens (tertiary/aromatic N) is 2. The maximum atomic E-state index is 12.2. The standard InChI is InChI=1S/C19H18N4O3S2/c1-11-3-5-14(12(2)7-11)21-18-22-23-19(28-18)27-9-17(24)20-13-4-6-15-16(8-13)26-10-25-15/h3-8H,9-10H2,1-2H3,(H,20,24)(H,21,22). The molecule has 0 atom stereocenters. The van der Waals surface area contributed by atoms with Crippen LogP contribution < -0.4 is 20.1 Å². The lowest BCUT2D eigenvalue weighted by Crippen LogP contribution is -2.13. The van der Waals surface area contributed by atoms with Crippen molar-refractivity contribution in [1.82, 2.24) is 10.2 Å². The van der Waals surface area contributed by atoms with Gasteiger partial charge in [0.15, 0.2) is 15.8 Å². The van der Waals surface area contributed by atoms with Crippen molar-refractivity contribution in [2.24, 2.45) is 0 Å². The van der Waals surface area contributed by atoms with Crippen molar-refractivity contribution in [3.05, 3.63) is 47.5 Å². The van der Waals surface area contributed by atoms with Crippen molar-refractivity contribution < 1.29 is 14.3 Å². The highest BCUT2D eigenvalue weighted by molar-refractivity contribution is 8.01. The van der Waals surface area contributed by atoms with Crippen molar-refractivity contribution in [3.63, 3.8) is 0 Å². The highest BCUT2D eigenvalue weighted by atomic mass is 32.2. The number of carbonyl (C=O) groups is 1. The summed E-state index contributed by atoms with van der Waals surface area (Å²) in [6, 6.07) is 11.5. The van der Waals surface area contributed by atoms with Crippen molar-refractivity contribution in [2.75, 3.05) is 23.2 Å². The molecule has 9 heteroatoms. The minimum absolute atomic E-state index is 0.122. The van der Waals surface area contributed by atoms with E-state index < -0.39 is 0 Å². The van der Waals surface area contributed by atoms with Gasteiger partial charge in [0.25, 0.3) is 0 Å². The molecule has 2 aromatic carbocycles. The maximum absolute atomic E-state index is 12.2. The van der Waals surface area contributed by atoms with E-state index in [1.807, 2.05) is 19.1 Å². The van der Waals surface area contributed by atoms with E-state index in [2.05, 4.69) is 33.8 Å². The molecule has 0 saturated heterocycles. The number of hydrogen-bond acceptors (Lipinski definition) is 8. The zero-order chi connectivity index (χ0) is 19.5. The summed E-state index contributed by atoms with van der Waals surface area (Å²) in [6.45, 7) is 4.32. The second-order valence-electron chi connectivity index (χ2n) is 6.22. The lowest BCUT2D eigenvalue weighted by Gasteiger charge is -2.06. The minimum atomic E-state index is -0.122. The SMILES string of the molecule is Cc1ccc(Nc2nnc(SCC(=O)Nc3ccc4c(c3)OCO4)s2)c(C)c1. The van der Waals surface area contributed by atoms with Gasteiger partial charge in [-0.1, -0.05) is 40.8 Å². The molecule has 28 heavy (non-hydrogen) atoms. The van der Waals surface area contributed by atoms with Gasteiger partial charge in [0.1, 0.15) is 0 Å². The van der Waals surface area contributed by atoms with Gasteiger partial charge in [-0.25, -0.2) is 0 Å². The molecule has 2 heterocycles. The molecule has 2 N–H and O–H groups in total. The third-order valence-corrected chi connectivity index (χ3v) is 5.99. The molecule has 3 aromatic rings. The summed E-state index contributed by atoms with van der Waals surface area (Å²) in [6.07, 6.45) is 0. The fourth-order valence-corrected chi connectivity index (χ4v) is 4.25. The van der Waals surface area contributed by atoms with Crippen LogP contribution in [0, 0.1) is 13.8 Å². The highest BCUT2D eigenvalue weighted by Crippen LogP contribution is 2.34. The number of anilines is 3. The maximum Gasteiger partial charge on any atom is 0.234 e. The number of aryl methyl sites for hydroxylation is 2. The average Bonchev–Trinajstić information content (AvgIpc) is 3.31. The Morgan fingerprint density at radius 2 is 2.00 bits per heavy atom. The van der Waals surface area contributed by atoms with Crippen molar-refractivity contribution in [2.45, 2.75) is 18.2 Å². The molecule has 7 nitrogen and oxygen atoms in total. The first-order chi connectivity index (χ1) is 13.6. The summed E-state index contributed by atoms with van der Waals surface area (Å²) in [5, 5.41) is 15.1. The Hall–Kier alpha value is -2.78. The Morgan fingerprint density at radius 3 is 2.86 bits per heavy atom. The Bertz CT molecular complexity index is 1020. The van der Waals surface area contributed by atoms with Crippen LogP contribution in [-0.4, -0.2) is 28.7 Å². The topological polar surface area (TPSA) is 85.4 Å². The second-order valence-corrected chi connectivity index (χ2v) is 8.42. The van der Waals surface area contributed by atoms with E-state index in [4.69, 9.17) is 9.47 Å². The third kappa shape index (κ3) is 4.37. The number of benzene rings is 2. The van der Waals surface area contributed by atoms with Crippen LogP contribution in [0.25, 0.3) is 0 Å². The Labute approximate surface area is 170 Å². The summed E-state index contributed by atoms with van der Waals surface area (Å²) in [7, 11) is 0. The molecule has 0 saturated carbocycles. The fourth-order valence-electron chi connectivity index (χ4n) is 2.69. The quantitative estimate of drug-likeness (QED) is 0.580. The molecule has 1 amide bonds. The number of amides is 1. The van der Waals surface area contributed by atoms with Gasteiger partial charge >= 0.3 is 0 Å². The van der Waals surface area contributed by atoms with Crippen LogP contribution in [0.5, 0.6) is 11.5 Å². The number of thioether (sulfide) groups is 1. The summed E-state index contributed by atoms with van der Waals surface area (Å²) < 4.78 is 11.3. The fraction of sp³-hybridized carbons (Fsp3) is 0.211. The minimum Gasteiger partial charge on any atom is -0.454 e. The first kappa shape index (κ1) is 18.6. The van der Waals surface area contributed by atoms with Gasteiger partial charge in [0, 0.05) is 17.4 Å². The van der Waals surface area contributed by atoms with Gasteiger partial charge < -0.3 is 20.1 Å². The monoisotopic (exact) mass is 414 g/mol. The van der Waals surface area contributed by atoms with Gasteiger partial charge in [0.2, 0.25) is 17.8 Å². The number of fused-ring (bicyclic) bond motifs is 1. The molecule has 0 spiro atoms. The lowest BCUT2D eigenvalue weighted by atomic mass is 10.1. The molecule has 1 aliphatic heterocycles. The van der Waals surface area contributed by atoms with E-state index in [1.165, 1.54) is 28.7 Å². The zero-order valence-corrected chi connectivity index (χ0v) is 16.9. The molecule has 0 aliphatic carbocycles. The van der Waals surface area contributed by atoms with Crippen LogP contribution in [0.15, 0.2) is 40.7 Å². The second kappa shape index (κ2) is 8.07. The summed E-state index contributed by atoms with van der Waals surface area (Å²) in [4.78, 5) is 12.2. The molecule has 4 rings (SSSR count). The van der Waals surface area contributed by atoms with Gasteiger partial charge in [-0.3, -0.25) is 4.79 Å². The smallest absolute Gasteiger partial charge is 0.234 e. The van der Waals surface area contributed by atoms with E-state index in [0.717, 1.165) is 15.6 Å². The van der Waals surface area contributed by atoms with Crippen molar-refractivity contribution in [3.8, 4) is 11.5 Å². The molecule has 0 fully saturated rings. The summed E-state index contributed by atoms with van der Waals surface area (Å²) >= 11 is 2.77. The lowest BCUT2D eigenvalue weighted by molar-refractivity contribution is -0.113. The molecule has 0 bridgehead atoms. The molecular formula is C19H18N4O3S2. The number of ether oxygens (including phenoxy) is 2. The van der Waals surface area contributed by atoms with Crippen LogP contribution in [0.2, 0.25) is 0 Å². The predicted octanol–water partition coefficient (Wildman–Crippen LogP) is 4.36. The van der Waals surface area contributed by atoms with Crippen LogP contribution in [0.3, 0.4) is 0 Å². The Balaban J connectivity index is 1.31. The molecule has 1 aliphatic rings. The predicted molar refractivity (Wildman–Crippen MR) is 111 cm³/mol. The van der Waals surface area contributed by atoms with E-state index in [-0.39, 0.29) is 18.5 Å². The van der Waals surface area contributed by atoms with E-state index >= 15 is 0 Å². The largest absolute Gasteiger partial charge is 0.454 e. The van der Waals surface area contributed by atoms with Gasteiger partial charge in [-0.15, -0.1) is 10.2 Å². The summed E-state index contributed by atoms with van der Waals surface area (Å²) in [5.74, 6) is 1.44. The Kier molecular flexibility index (Phi) is 5.36. The van der Waals surface area contributed by atoms with Crippen molar-refractivity contribution in [1.29, 1.82) is 0 Å². The van der Waals surface area contributed by atoms with E-state index in [0.29, 0.717) is 22.3 Å². The third-order valence-electron chi connectivity index (χ3n) is 4.01. The molecular weight excluding hydrogens is 396 g/mol. The van der Waals surface area contributed by atoms with Gasteiger partial charge in [-0.05, 0) is 37.6 Å². The summed E-state index contributed by atoms with van der Waals surface area (Å²) in [5.41, 5.74) is 4.03. The van der Waals surface area contributed by atoms with Crippen LogP contribution in [-0.2, 0) is 4.79 Å². The number of carbonyl (C=O) groups excluding carboxylic acids is 1. The number of rotatable bonds is 6. The average molecular weight is 415 g/mol. The van der Waals surface area contributed by atoms with E-state index in [1.54, 1.807) is 18.2 Å². The van der Waals surface area contributed by atoms with Gasteiger partial charge in [-0.2, -0.15) is 0 Å². The molecule has 0 unspecified atom stereocenters. The first-order valence-electron chi connectivity index (χ1n) is 8.57. The van der Waals surface area contributed by atoms with Gasteiger partial charge in [0.05, 0.1) is 5.75 Å². The van der Waals surface area contributed by atoms with Crippen LogP contribution in [0.4, 0.5) is 16.5 Å². The van der Waals surface area contributed by atoms with E-state index in [9.17, 15) is 4.79 Å². The first-order valence-corrected chi connectivity index (χ1v) is 10.4. The molecule has 1 aromatic heterocycles. The van der Waals surface area contributed by atoms with Crippen molar-refractivity contribution >= 4 is 45.5 Å². The highest BCUT2D eigenvalue weighted by Gasteiger charge is 2.15. The number of nitrogens with one attached hydrogen (secondary N) is 2. The molecule has 144 valence electrons. The van der Waals surface area contributed by atoms with Crippen LogP contribution in [0.1, 0.15) is 11.1 Å². The number of hydrogen-bond donors (Lipinski definition) is 2. The van der Waals surface area contributed by atoms with Crippen LogP contribution >= 0.6 is 23.1 Å². The number of aromatic nitrogens is 2. The Morgan fingerprint density at radius 1 is 1.14 bits per heavy atom.